The molecular formula is C29H31N5O4. The Kier molecular flexibility index (Phi) is 7.53. The molecule has 1 saturated carbocycles. The van der Waals surface area contributed by atoms with Crippen LogP contribution in [0.1, 0.15) is 37.3 Å². The fourth-order valence-corrected chi connectivity index (χ4v) is 5.14. The zero-order chi connectivity index (χ0) is 26.5. The second-order valence-corrected chi connectivity index (χ2v) is 9.31. The van der Waals surface area contributed by atoms with Crippen molar-refractivity contribution in [2.45, 2.75) is 44.3 Å². The van der Waals surface area contributed by atoms with E-state index in [-0.39, 0.29) is 24.4 Å². The number of ether oxygens (including phenoxy) is 2. The number of amides is 2. The summed E-state index contributed by atoms with van der Waals surface area (Å²) < 4.78 is 12.8. The molecule has 2 amide bonds. The Morgan fingerprint density at radius 3 is 2.45 bits per heavy atom. The Morgan fingerprint density at radius 1 is 0.974 bits per heavy atom. The number of hydrogen-bond acceptors (Lipinski definition) is 6. The summed E-state index contributed by atoms with van der Waals surface area (Å²) >= 11 is 0. The Morgan fingerprint density at radius 2 is 1.71 bits per heavy atom. The van der Waals surface area contributed by atoms with Crippen LogP contribution in [0.5, 0.6) is 11.5 Å². The predicted molar refractivity (Wildman–Crippen MR) is 144 cm³/mol. The molecule has 1 N–H and O–H groups in total. The molecule has 9 heteroatoms. The molecule has 4 aromatic rings. The molecule has 0 saturated heterocycles. The van der Waals surface area contributed by atoms with Crippen molar-refractivity contribution >= 4 is 28.5 Å². The van der Waals surface area contributed by atoms with Crippen molar-refractivity contribution in [2.75, 3.05) is 19.1 Å². The summed E-state index contributed by atoms with van der Waals surface area (Å²) in [5.74, 6) is 0.292. The van der Waals surface area contributed by atoms with Gasteiger partial charge in [-0.25, -0.2) is 4.68 Å². The standard InChI is InChI=1S/C29H31N5O4/c1-37-25-18-10-15-22(28(25)38-2)27(29(36)30-20-11-6-7-12-20)34(21-13-4-3-5-14-21)26(35)19-33-24-17-9-8-16-23(24)31-32-33/h3-5,8-10,13-18,20,27H,6-7,11-12,19H2,1-2H3,(H,30,36)/t27-/m1/s1. The number of anilines is 1. The van der Waals surface area contributed by atoms with Crippen molar-refractivity contribution in [3.8, 4) is 11.5 Å². The van der Waals surface area contributed by atoms with Crippen molar-refractivity contribution in [3.63, 3.8) is 0 Å². The molecule has 0 bridgehead atoms. The first-order chi connectivity index (χ1) is 18.6. The van der Waals surface area contributed by atoms with Crippen molar-refractivity contribution in [2.24, 2.45) is 0 Å². The molecule has 1 atom stereocenters. The van der Waals surface area contributed by atoms with E-state index in [1.165, 1.54) is 12.0 Å². The molecule has 1 fully saturated rings. The van der Waals surface area contributed by atoms with Gasteiger partial charge in [0, 0.05) is 17.3 Å². The van der Waals surface area contributed by atoms with E-state index >= 15 is 0 Å². The maximum absolute atomic E-state index is 14.2. The first-order valence-electron chi connectivity index (χ1n) is 12.8. The van der Waals surface area contributed by atoms with Gasteiger partial charge in [-0.3, -0.25) is 14.5 Å². The predicted octanol–water partition coefficient (Wildman–Crippen LogP) is 4.28. The van der Waals surface area contributed by atoms with Crippen molar-refractivity contribution in [1.29, 1.82) is 0 Å². The highest BCUT2D eigenvalue weighted by atomic mass is 16.5. The molecule has 9 nitrogen and oxygen atoms in total. The highest BCUT2D eigenvalue weighted by molar-refractivity contribution is 6.02. The summed E-state index contributed by atoms with van der Waals surface area (Å²) in [6.45, 7) is -0.102. The van der Waals surface area contributed by atoms with Crippen molar-refractivity contribution in [3.05, 3.63) is 78.4 Å². The summed E-state index contributed by atoms with van der Waals surface area (Å²) in [7, 11) is 3.08. The number of carbonyl (C=O) groups is 2. The van der Waals surface area contributed by atoms with E-state index in [1.807, 2.05) is 54.6 Å². The smallest absolute Gasteiger partial charge is 0.249 e. The normalized spacial score (nSPS) is 14.3. The largest absolute Gasteiger partial charge is 0.493 e. The van der Waals surface area contributed by atoms with Gasteiger partial charge in [-0.05, 0) is 43.2 Å². The third kappa shape index (κ3) is 5.04. The molecule has 38 heavy (non-hydrogen) atoms. The van der Waals surface area contributed by atoms with Gasteiger partial charge in [-0.1, -0.05) is 60.5 Å². The fourth-order valence-electron chi connectivity index (χ4n) is 5.14. The van der Waals surface area contributed by atoms with Gasteiger partial charge in [0.2, 0.25) is 11.8 Å². The van der Waals surface area contributed by atoms with E-state index in [1.54, 1.807) is 30.0 Å². The van der Waals surface area contributed by atoms with E-state index in [0.29, 0.717) is 28.3 Å². The van der Waals surface area contributed by atoms with E-state index in [4.69, 9.17) is 9.47 Å². The molecule has 0 radical (unpaired) electrons. The van der Waals surface area contributed by atoms with Gasteiger partial charge in [0.05, 0.1) is 19.7 Å². The maximum Gasteiger partial charge on any atom is 0.249 e. The molecule has 1 aliphatic rings. The number of hydrogen-bond donors (Lipinski definition) is 1. The van der Waals surface area contributed by atoms with Crippen LogP contribution >= 0.6 is 0 Å². The lowest BCUT2D eigenvalue weighted by Gasteiger charge is -2.33. The minimum absolute atomic E-state index is 0.0635. The Bertz CT molecular complexity index is 1420. The topological polar surface area (TPSA) is 98.6 Å². The number of para-hydroxylation sites is 3. The van der Waals surface area contributed by atoms with E-state index in [2.05, 4.69) is 15.6 Å². The van der Waals surface area contributed by atoms with Crippen molar-refractivity contribution < 1.29 is 19.1 Å². The zero-order valence-corrected chi connectivity index (χ0v) is 21.5. The summed E-state index contributed by atoms with van der Waals surface area (Å²) in [6, 6.07) is 21.1. The van der Waals surface area contributed by atoms with Crippen molar-refractivity contribution in [1.82, 2.24) is 20.3 Å². The van der Waals surface area contributed by atoms with Gasteiger partial charge in [-0.2, -0.15) is 0 Å². The minimum Gasteiger partial charge on any atom is -0.493 e. The van der Waals surface area contributed by atoms with Gasteiger partial charge in [0.15, 0.2) is 11.5 Å². The molecule has 1 aromatic heterocycles. The second-order valence-electron chi connectivity index (χ2n) is 9.31. The number of nitrogens with one attached hydrogen (secondary N) is 1. The van der Waals surface area contributed by atoms with Crippen LogP contribution in [0, 0.1) is 0 Å². The summed E-state index contributed by atoms with van der Waals surface area (Å²) in [4.78, 5) is 29.7. The van der Waals surface area contributed by atoms with Crippen LogP contribution in [0.3, 0.4) is 0 Å². The SMILES string of the molecule is COc1cccc([C@H](C(=O)NC2CCCC2)N(C(=O)Cn2nnc3ccccc32)c2ccccc2)c1OC. The van der Waals surface area contributed by atoms with Crippen LogP contribution < -0.4 is 19.7 Å². The van der Waals surface area contributed by atoms with Crippen LogP contribution in [0.25, 0.3) is 11.0 Å². The van der Waals surface area contributed by atoms with Crippen LogP contribution in [0.4, 0.5) is 5.69 Å². The fraction of sp³-hybridized carbons (Fsp3) is 0.310. The number of fused-ring (bicyclic) bond motifs is 1. The second kappa shape index (κ2) is 11.3. The van der Waals surface area contributed by atoms with Gasteiger partial charge in [0.25, 0.3) is 0 Å². The number of aromatic nitrogens is 3. The van der Waals surface area contributed by atoms with E-state index in [9.17, 15) is 9.59 Å². The molecule has 5 rings (SSSR count). The van der Waals surface area contributed by atoms with E-state index < -0.39 is 6.04 Å². The van der Waals surface area contributed by atoms with Gasteiger partial charge in [-0.15, -0.1) is 5.10 Å². The Hall–Kier alpha value is -4.40. The molecule has 0 spiro atoms. The Balaban J connectivity index is 1.61. The van der Waals surface area contributed by atoms with Gasteiger partial charge in [0.1, 0.15) is 18.1 Å². The molecule has 3 aromatic carbocycles. The first kappa shape index (κ1) is 25.3. The lowest BCUT2D eigenvalue weighted by atomic mass is 10.0. The average Bonchev–Trinajstić information content (AvgIpc) is 3.61. The van der Waals surface area contributed by atoms with Crippen LogP contribution in [-0.2, 0) is 16.1 Å². The monoisotopic (exact) mass is 513 g/mol. The highest BCUT2D eigenvalue weighted by Gasteiger charge is 2.37. The molecule has 196 valence electrons. The highest BCUT2D eigenvalue weighted by Crippen LogP contribution is 2.39. The number of benzene rings is 3. The molecule has 0 unspecified atom stereocenters. The summed E-state index contributed by atoms with van der Waals surface area (Å²) in [5.41, 5.74) is 2.54. The number of rotatable bonds is 9. The van der Waals surface area contributed by atoms with Gasteiger partial charge >= 0.3 is 0 Å². The Labute approximate surface area is 221 Å². The summed E-state index contributed by atoms with van der Waals surface area (Å²) in [5, 5.41) is 11.6. The summed E-state index contributed by atoms with van der Waals surface area (Å²) in [6.07, 6.45) is 3.97. The molecule has 1 heterocycles. The van der Waals surface area contributed by atoms with Crippen LogP contribution in [0.15, 0.2) is 72.8 Å². The maximum atomic E-state index is 14.2. The quantitative estimate of drug-likeness (QED) is 0.359. The van der Waals surface area contributed by atoms with E-state index in [0.717, 1.165) is 31.2 Å². The zero-order valence-electron chi connectivity index (χ0n) is 21.5. The molecule has 0 aliphatic heterocycles. The number of nitrogens with zero attached hydrogens (tertiary/aromatic N) is 4. The minimum atomic E-state index is -1.01. The molecule has 1 aliphatic carbocycles. The van der Waals surface area contributed by atoms with Gasteiger partial charge < -0.3 is 14.8 Å². The first-order valence-corrected chi connectivity index (χ1v) is 12.8. The number of carbonyl (C=O) groups excluding carboxylic acids is 2. The number of methoxy groups -OCH3 is 2. The van der Waals surface area contributed by atoms with Crippen LogP contribution in [-0.4, -0.2) is 47.1 Å². The third-order valence-electron chi connectivity index (χ3n) is 6.94. The lowest BCUT2D eigenvalue weighted by Crippen LogP contribution is -2.47. The molecular weight excluding hydrogens is 482 g/mol. The van der Waals surface area contributed by atoms with Crippen LogP contribution in [0.2, 0.25) is 0 Å². The third-order valence-corrected chi connectivity index (χ3v) is 6.94. The lowest BCUT2D eigenvalue weighted by molar-refractivity contribution is -0.127. The average molecular weight is 514 g/mol.